The van der Waals surface area contributed by atoms with Crippen LogP contribution in [0.25, 0.3) is 0 Å². The minimum absolute atomic E-state index is 0. The quantitative estimate of drug-likeness (QED) is 0.666. The average molecular weight is 445 g/mol. The van der Waals surface area contributed by atoms with E-state index in [1.807, 2.05) is 60.7 Å². The Kier molecular flexibility index (Phi) is 6.78. The van der Waals surface area contributed by atoms with Crippen molar-refractivity contribution in [2.75, 3.05) is 20.1 Å². The minimum atomic E-state index is -0.800. The third-order valence-electron chi connectivity index (χ3n) is 6.96. The molecular formula is C24H33BrN2O. The highest BCUT2D eigenvalue weighted by Gasteiger charge is 2.50. The van der Waals surface area contributed by atoms with Crippen molar-refractivity contribution in [3.63, 3.8) is 0 Å². The molecule has 1 amide bonds. The van der Waals surface area contributed by atoms with Gasteiger partial charge in [-0.1, -0.05) is 67.6 Å². The van der Waals surface area contributed by atoms with E-state index in [0.717, 1.165) is 28.7 Å². The zero-order chi connectivity index (χ0) is 19.7. The first-order valence-electron chi connectivity index (χ1n) is 9.97. The van der Waals surface area contributed by atoms with Crippen LogP contribution in [0.2, 0.25) is 0 Å². The molecule has 1 fully saturated rings. The number of primary amides is 1. The van der Waals surface area contributed by atoms with Crippen LogP contribution in [0.4, 0.5) is 0 Å². The maximum atomic E-state index is 13.0. The zero-order valence-corrected chi connectivity index (χ0v) is 19.1. The molecule has 2 atom stereocenters. The first-order valence-corrected chi connectivity index (χ1v) is 9.97. The molecule has 2 aromatic rings. The van der Waals surface area contributed by atoms with E-state index in [4.69, 9.17) is 5.73 Å². The molecule has 0 aromatic heterocycles. The lowest BCUT2D eigenvalue weighted by Crippen LogP contribution is -3.00. The summed E-state index contributed by atoms with van der Waals surface area (Å²) in [5.74, 6) is 0.429. The van der Waals surface area contributed by atoms with E-state index in [2.05, 4.69) is 27.8 Å². The maximum absolute atomic E-state index is 13.0. The van der Waals surface area contributed by atoms with Crippen molar-refractivity contribution in [1.82, 2.24) is 0 Å². The number of amides is 1. The first-order chi connectivity index (χ1) is 12.7. The molecule has 2 N–H and O–H groups in total. The molecule has 152 valence electrons. The van der Waals surface area contributed by atoms with Crippen molar-refractivity contribution >= 4 is 5.91 Å². The standard InChI is InChI=1S/C24H32N2O.BrH/c1-19-17-23(2,3)26(4,18-19)16-15-24(22(25)27,20-11-7-5-8-12-20)21-13-9-6-10-14-21;/h5-14,19H,15-18H2,1-4H3,(H-,25,27);1H. The molecule has 28 heavy (non-hydrogen) atoms. The Balaban J connectivity index is 0.00000280. The number of nitrogens with zero attached hydrogens (tertiary/aromatic N) is 1. The number of rotatable bonds is 6. The summed E-state index contributed by atoms with van der Waals surface area (Å²) < 4.78 is 0.975. The van der Waals surface area contributed by atoms with Gasteiger partial charge in [0.25, 0.3) is 0 Å². The van der Waals surface area contributed by atoms with E-state index in [0.29, 0.717) is 12.3 Å². The first kappa shape index (κ1) is 22.6. The summed E-state index contributed by atoms with van der Waals surface area (Å²) >= 11 is 0. The lowest BCUT2D eigenvalue weighted by Gasteiger charge is -2.44. The van der Waals surface area contributed by atoms with Gasteiger partial charge >= 0.3 is 0 Å². The van der Waals surface area contributed by atoms with Gasteiger partial charge in [-0.3, -0.25) is 4.79 Å². The normalized spacial score (nSPS) is 23.8. The average Bonchev–Trinajstić information content (AvgIpc) is 2.84. The molecule has 4 heteroatoms. The van der Waals surface area contributed by atoms with Crippen LogP contribution in [0.1, 0.15) is 44.7 Å². The number of hydrogen-bond donors (Lipinski definition) is 1. The molecule has 0 aliphatic carbocycles. The fourth-order valence-electron chi connectivity index (χ4n) is 5.19. The fourth-order valence-corrected chi connectivity index (χ4v) is 5.19. The number of carbonyl (C=O) groups excluding carboxylic acids is 1. The van der Waals surface area contributed by atoms with Crippen LogP contribution in [0.15, 0.2) is 60.7 Å². The monoisotopic (exact) mass is 444 g/mol. The molecule has 0 spiro atoms. The Hall–Kier alpha value is -1.65. The second-order valence-electron chi connectivity index (χ2n) is 9.18. The molecule has 0 saturated carbocycles. The Labute approximate surface area is 180 Å². The van der Waals surface area contributed by atoms with Crippen molar-refractivity contribution < 1.29 is 26.3 Å². The van der Waals surface area contributed by atoms with Crippen LogP contribution in [0.3, 0.4) is 0 Å². The summed E-state index contributed by atoms with van der Waals surface area (Å²) in [5, 5.41) is 0. The van der Waals surface area contributed by atoms with E-state index in [9.17, 15) is 4.79 Å². The maximum Gasteiger partial charge on any atom is 0.232 e. The smallest absolute Gasteiger partial charge is 0.232 e. The summed E-state index contributed by atoms with van der Waals surface area (Å²) in [6.07, 6.45) is 1.92. The van der Waals surface area contributed by atoms with E-state index in [-0.39, 0.29) is 28.4 Å². The lowest BCUT2D eigenvalue weighted by molar-refractivity contribution is -0.944. The molecule has 1 saturated heterocycles. The predicted molar refractivity (Wildman–Crippen MR) is 111 cm³/mol. The highest BCUT2D eigenvalue weighted by atomic mass is 79.9. The summed E-state index contributed by atoms with van der Waals surface area (Å²) in [6, 6.07) is 20.1. The number of hydrogen-bond acceptors (Lipinski definition) is 1. The highest BCUT2D eigenvalue weighted by molar-refractivity contribution is 5.90. The van der Waals surface area contributed by atoms with Crippen molar-refractivity contribution in [2.24, 2.45) is 11.7 Å². The lowest BCUT2D eigenvalue weighted by atomic mass is 9.71. The number of likely N-dealkylation sites (tertiary alicyclic amines) is 1. The Morgan fingerprint density at radius 3 is 1.89 bits per heavy atom. The zero-order valence-electron chi connectivity index (χ0n) is 17.5. The molecule has 3 rings (SSSR count). The number of quaternary nitrogens is 1. The van der Waals surface area contributed by atoms with E-state index >= 15 is 0 Å². The third-order valence-corrected chi connectivity index (χ3v) is 6.96. The van der Waals surface area contributed by atoms with Gasteiger partial charge in [0.15, 0.2) is 0 Å². The van der Waals surface area contributed by atoms with Gasteiger partial charge in [0, 0.05) is 18.8 Å². The summed E-state index contributed by atoms with van der Waals surface area (Å²) in [5.41, 5.74) is 7.49. The SMILES string of the molecule is CC1CC(C)(C)[N+](C)(CCC(C(N)=O)(c2ccccc2)c2ccccc2)C1.[Br-]. The topological polar surface area (TPSA) is 43.1 Å². The minimum Gasteiger partial charge on any atom is -1.00 e. The van der Waals surface area contributed by atoms with Crippen molar-refractivity contribution in [1.29, 1.82) is 0 Å². The van der Waals surface area contributed by atoms with E-state index < -0.39 is 5.41 Å². The molecule has 3 nitrogen and oxygen atoms in total. The van der Waals surface area contributed by atoms with Gasteiger partial charge in [-0.2, -0.15) is 0 Å². The Morgan fingerprint density at radius 1 is 1.07 bits per heavy atom. The van der Waals surface area contributed by atoms with Crippen LogP contribution in [0, 0.1) is 5.92 Å². The molecule has 2 unspecified atom stereocenters. The summed E-state index contributed by atoms with van der Waals surface area (Å²) in [4.78, 5) is 13.0. The van der Waals surface area contributed by atoms with Gasteiger partial charge in [0.2, 0.25) is 5.91 Å². The molecule has 0 bridgehead atoms. The Morgan fingerprint density at radius 2 is 1.54 bits per heavy atom. The molecule has 0 radical (unpaired) electrons. The number of nitrogens with two attached hydrogens (primary N) is 1. The molecular weight excluding hydrogens is 412 g/mol. The highest BCUT2D eigenvalue weighted by Crippen LogP contribution is 2.42. The molecule has 2 aromatic carbocycles. The second-order valence-corrected chi connectivity index (χ2v) is 9.18. The van der Waals surface area contributed by atoms with E-state index in [1.165, 1.54) is 6.42 Å². The number of halogens is 1. The predicted octanol–water partition coefficient (Wildman–Crippen LogP) is 1.12. The van der Waals surface area contributed by atoms with Crippen LogP contribution in [-0.2, 0) is 10.2 Å². The molecule has 1 aliphatic rings. The molecule has 1 heterocycles. The number of carbonyl (C=O) groups is 1. The summed E-state index contributed by atoms with van der Waals surface area (Å²) in [7, 11) is 2.34. The van der Waals surface area contributed by atoms with Crippen LogP contribution < -0.4 is 22.7 Å². The van der Waals surface area contributed by atoms with Gasteiger partial charge < -0.3 is 27.2 Å². The van der Waals surface area contributed by atoms with Crippen LogP contribution in [0.5, 0.6) is 0 Å². The Bertz CT molecular complexity index is 751. The van der Waals surface area contributed by atoms with Gasteiger partial charge in [-0.25, -0.2) is 0 Å². The van der Waals surface area contributed by atoms with Crippen molar-refractivity contribution in [3.05, 3.63) is 71.8 Å². The van der Waals surface area contributed by atoms with Gasteiger partial charge in [-0.15, -0.1) is 0 Å². The van der Waals surface area contributed by atoms with Gasteiger partial charge in [0.05, 0.1) is 25.7 Å². The van der Waals surface area contributed by atoms with Crippen molar-refractivity contribution in [2.45, 2.75) is 44.6 Å². The third kappa shape index (κ3) is 3.90. The van der Waals surface area contributed by atoms with Crippen LogP contribution in [-0.4, -0.2) is 36.1 Å². The second kappa shape index (κ2) is 8.38. The number of benzene rings is 2. The van der Waals surface area contributed by atoms with Gasteiger partial charge in [0.1, 0.15) is 5.41 Å². The van der Waals surface area contributed by atoms with E-state index in [1.54, 1.807) is 0 Å². The summed E-state index contributed by atoms with van der Waals surface area (Å²) in [6.45, 7) is 9.11. The molecule has 1 aliphatic heterocycles. The van der Waals surface area contributed by atoms with Crippen molar-refractivity contribution in [3.8, 4) is 0 Å². The largest absolute Gasteiger partial charge is 1.00 e. The van der Waals surface area contributed by atoms with Gasteiger partial charge in [-0.05, 0) is 25.0 Å². The fraction of sp³-hybridized carbons (Fsp3) is 0.458. The van der Waals surface area contributed by atoms with Crippen LogP contribution >= 0.6 is 0 Å².